The minimum atomic E-state index is -3.55. The highest BCUT2D eigenvalue weighted by molar-refractivity contribution is 5.98. The maximum Gasteiger partial charge on any atom is 0.387 e. The predicted octanol–water partition coefficient (Wildman–Crippen LogP) is 2.00. The lowest BCUT2D eigenvalue weighted by Gasteiger charge is -2.41. The number of rotatable bonds is 5. The number of hydrogen-bond donors (Lipinski definition) is 4. The van der Waals surface area contributed by atoms with Gasteiger partial charge in [-0.15, -0.1) is 0 Å². The third-order valence-electron chi connectivity index (χ3n) is 8.15. The van der Waals surface area contributed by atoms with Crippen LogP contribution in [0.5, 0.6) is 5.75 Å². The van der Waals surface area contributed by atoms with Gasteiger partial charge >= 0.3 is 12.7 Å². The smallest absolute Gasteiger partial charge is 0.387 e. The molecule has 2 atom stereocenters. The number of nitrogens with zero attached hydrogens (tertiary/aromatic N) is 6. The molecule has 7 rings (SSSR count). The van der Waals surface area contributed by atoms with E-state index in [2.05, 4.69) is 15.1 Å². The number of benzene rings is 1. The van der Waals surface area contributed by atoms with Crippen LogP contribution < -0.4 is 10.5 Å². The summed E-state index contributed by atoms with van der Waals surface area (Å²) in [4.78, 5) is 27.8. The molecule has 212 valence electrons. The van der Waals surface area contributed by atoms with Crippen LogP contribution in [0.2, 0.25) is 0 Å². The second kappa shape index (κ2) is 8.69. The van der Waals surface area contributed by atoms with Crippen LogP contribution in [0.1, 0.15) is 77.1 Å². The predicted molar refractivity (Wildman–Crippen MR) is 136 cm³/mol. The quantitative estimate of drug-likeness (QED) is 0.262. The van der Waals surface area contributed by atoms with Crippen LogP contribution in [0, 0.1) is 0 Å². The van der Waals surface area contributed by atoms with E-state index < -0.39 is 30.6 Å². The molecule has 41 heavy (non-hydrogen) atoms. The summed E-state index contributed by atoms with van der Waals surface area (Å²) < 4.78 is 33.0. The first-order valence-corrected chi connectivity index (χ1v) is 13.0. The maximum atomic E-state index is 13.4. The van der Waals surface area contributed by atoms with E-state index in [1.54, 1.807) is 24.7 Å². The molecule has 12 nitrogen and oxygen atoms in total. The third-order valence-corrected chi connectivity index (χ3v) is 8.15. The van der Waals surface area contributed by atoms with Crippen LogP contribution in [0.4, 0.5) is 8.78 Å². The number of fused-ring (bicyclic) bond motifs is 9. The van der Waals surface area contributed by atoms with Crippen LogP contribution in [-0.2, 0) is 0 Å². The molecule has 1 fully saturated rings. The Hall–Kier alpha value is -4.11. The molecule has 0 saturated heterocycles. The number of amides is 1. The van der Waals surface area contributed by atoms with Crippen molar-refractivity contribution in [1.82, 2.24) is 29.5 Å². The van der Waals surface area contributed by atoms with E-state index in [4.69, 9.17) is 15.5 Å². The van der Waals surface area contributed by atoms with Crippen molar-refractivity contribution in [2.45, 2.75) is 62.3 Å². The lowest BCUT2D eigenvalue weighted by molar-refractivity contribution is -0.385. The minimum Gasteiger partial charge on any atom is -0.434 e. The van der Waals surface area contributed by atoms with Gasteiger partial charge in [0.25, 0.3) is 5.91 Å². The Bertz CT molecular complexity index is 1690. The fourth-order valence-corrected chi connectivity index (χ4v) is 6.48. The van der Waals surface area contributed by atoms with Crippen molar-refractivity contribution in [3.8, 4) is 17.0 Å². The van der Waals surface area contributed by atoms with E-state index in [0.717, 1.165) is 12.8 Å². The molecule has 1 aliphatic heterocycles. The molecular formula is C27H25F2N7O5. The van der Waals surface area contributed by atoms with Gasteiger partial charge in [0.2, 0.25) is 0 Å². The Morgan fingerprint density at radius 3 is 2.54 bits per heavy atom. The van der Waals surface area contributed by atoms with E-state index in [-0.39, 0.29) is 40.4 Å². The topological polar surface area (TPSA) is 172 Å². The lowest BCUT2D eigenvalue weighted by atomic mass is 9.70. The minimum absolute atomic E-state index is 0.0190. The summed E-state index contributed by atoms with van der Waals surface area (Å²) in [6, 6.07) is 4.61. The molecule has 1 saturated carbocycles. The summed E-state index contributed by atoms with van der Waals surface area (Å²) in [5.41, 5.74) is 8.17. The molecule has 0 spiro atoms. The molecule has 3 aliphatic rings. The zero-order chi connectivity index (χ0) is 28.8. The molecule has 2 aliphatic carbocycles. The zero-order valence-electron chi connectivity index (χ0n) is 21.6. The highest BCUT2D eigenvalue weighted by Gasteiger charge is 2.53. The molecule has 4 heterocycles. The maximum absolute atomic E-state index is 13.4. The molecule has 1 aromatic carbocycles. The van der Waals surface area contributed by atoms with Gasteiger partial charge in [-0.2, -0.15) is 13.9 Å². The standard InChI is InChI=1S/C27H25F2N7O5/c1-26(30)8-12(9-26)22-31-10-13(11-32-22)16-5-6-35-23(33-16)20-15-7-17(21(20)34-35)36(27(38,39)40)24(37)14-3-2-4-18(19(14)15)41-25(28)29/h2-6,10-12,15,17,25,38-40H,7-9,30H2,1H3. The van der Waals surface area contributed by atoms with Crippen LogP contribution in [-0.4, -0.2) is 68.9 Å². The first-order valence-electron chi connectivity index (χ1n) is 13.0. The van der Waals surface area contributed by atoms with Gasteiger partial charge in [0.05, 0.1) is 17.4 Å². The average molecular weight is 566 g/mol. The number of carbonyl (C=O) groups is 1. The molecule has 3 aromatic heterocycles. The number of carbonyl (C=O) groups excluding carboxylic acids is 1. The van der Waals surface area contributed by atoms with Gasteiger partial charge in [-0.3, -0.25) is 9.69 Å². The fourth-order valence-electron chi connectivity index (χ4n) is 6.48. The Morgan fingerprint density at radius 1 is 1.15 bits per heavy atom. The molecule has 2 bridgehead atoms. The molecule has 2 unspecified atom stereocenters. The van der Waals surface area contributed by atoms with Crippen LogP contribution in [0.3, 0.4) is 0 Å². The first-order chi connectivity index (χ1) is 19.4. The number of aliphatic hydroxyl groups is 3. The lowest BCUT2D eigenvalue weighted by Crippen LogP contribution is -2.53. The Balaban J connectivity index is 1.36. The number of aromatic nitrogens is 5. The molecule has 1 amide bonds. The van der Waals surface area contributed by atoms with Crippen molar-refractivity contribution in [1.29, 1.82) is 0 Å². The summed E-state index contributed by atoms with van der Waals surface area (Å²) in [6.07, 6.45) is 3.06. The van der Waals surface area contributed by atoms with E-state index in [9.17, 15) is 28.9 Å². The fraction of sp³-hybridized carbons (Fsp3) is 0.370. The van der Waals surface area contributed by atoms with Crippen LogP contribution in [0.25, 0.3) is 16.9 Å². The number of hydrogen-bond acceptors (Lipinski definition) is 10. The molecule has 4 aromatic rings. The van der Waals surface area contributed by atoms with Gasteiger partial charge < -0.3 is 25.8 Å². The Labute approximate surface area is 231 Å². The van der Waals surface area contributed by atoms with Gasteiger partial charge in [-0.05, 0) is 44.4 Å². The van der Waals surface area contributed by atoms with Gasteiger partial charge in [-0.25, -0.2) is 19.5 Å². The van der Waals surface area contributed by atoms with E-state index in [1.165, 1.54) is 22.7 Å². The van der Waals surface area contributed by atoms with Crippen molar-refractivity contribution in [3.05, 3.63) is 71.1 Å². The van der Waals surface area contributed by atoms with Crippen LogP contribution >= 0.6 is 0 Å². The van der Waals surface area contributed by atoms with Crippen LogP contribution in [0.15, 0.2) is 42.9 Å². The van der Waals surface area contributed by atoms with E-state index >= 15 is 0 Å². The van der Waals surface area contributed by atoms with Crippen molar-refractivity contribution >= 4 is 11.6 Å². The van der Waals surface area contributed by atoms with Gasteiger partial charge in [0.15, 0.2) is 5.65 Å². The summed E-state index contributed by atoms with van der Waals surface area (Å²) in [6.45, 7) is -1.18. The number of alkyl halides is 2. The number of ether oxygens (including phenoxy) is 1. The Morgan fingerprint density at radius 2 is 1.88 bits per heavy atom. The largest absolute Gasteiger partial charge is 0.434 e. The van der Waals surface area contributed by atoms with Crippen molar-refractivity contribution < 1.29 is 33.6 Å². The van der Waals surface area contributed by atoms with E-state index in [1.807, 2.05) is 6.92 Å². The summed E-state index contributed by atoms with van der Waals surface area (Å²) in [5.74, 6) is -1.05. The molecule has 5 N–H and O–H groups in total. The third kappa shape index (κ3) is 4.05. The van der Waals surface area contributed by atoms with E-state index in [0.29, 0.717) is 33.2 Å². The second-order valence-corrected chi connectivity index (χ2v) is 11.1. The summed E-state index contributed by atoms with van der Waals surface area (Å²) in [5, 5.41) is 35.1. The molecule has 14 heteroatoms. The second-order valence-electron chi connectivity index (χ2n) is 11.1. The zero-order valence-corrected chi connectivity index (χ0v) is 21.6. The van der Waals surface area contributed by atoms with Gasteiger partial charge in [0, 0.05) is 58.2 Å². The SMILES string of the molecule is CC1(N)CC(c2ncc(-c3ccn4nc5c(c4n3)C3CC5N(C(O)(O)O)C(=O)c4cccc(OC(F)F)c43)cn2)C1. The summed E-state index contributed by atoms with van der Waals surface area (Å²) in [7, 11) is 0. The van der Waals surface area contributed by atoms with Crippen molar-refractivity contribution in [2.75, 3.05) is 0 Å². The number of halogens is 2. The first kappa shape index (κ1) is 25.8. The average Bonchev–Trinajstić information content (AvgIpc) is 3.39. The Kier molecular flexibility index (Phi) is 5.48. The highest BCUT2D eigenvalue weighted by atomic mass is 19.3. The van der Waals surface area contributed by atoms with Gasteiger partial charge in [-0.1, -0.05) is 6.07 Å². The highest BCUT2D eigenvalue weighted by Crippen LogP contribution is 2.54. The van der Waals surface area contributed by atoms with Gasteiger partial charge in [0.1, 0.15) is 11.6 Å². The molecular weight excluding hydrogens is 540 g/mol. The van der Waals surface area contributed by atoms with Crippen molar-refractivity contribution in [3.63, 3.8) is 0 Å². The van der Waals surface area contributed by atoms with Crippen molar-refractivity contribution in [2.24, 2.45) is 5.73 Å². The number of nitrogens with two attached hydrogens (primary N) is 1. The monoisotopic (exact) mass is 565 g/mol. The molecule has 0 radical (unpaired) electrons. The summed E-state index contributed by atoms with van der Waals surface area (Å²) >= 11 is 0. The normalized spacial score (nSPS) is 25.2.